The number of rotatable bonds is 3. The molecule has 0 aliphatic carbocycles. The molecule has 0 saturated heterocycles. The van der Waals surface area contributed by atoms with Crippen molar-refractivity contribution >= 4 is 23.2 Å². The van der Waals surface area contributed by atoms with Crippen molar-refractivity contribution in [3.05, 3.63) is 64.7 Å². The number of hydrogen-bond donors (Lipinski definition) is 1. The smallest absolute Gasteiger partial charge is 0.319 e. The molecular weight excluding hydrogens is 378 g/mol. The van der Waals surface area contributed by atoms with E-state index in [0.717, 1.165) is 35.1 Å². The Hall–Kier alpha value is -3.01. The van der Waals surface area contributed by atoms with Crippen molar-refractivity contribution in [2.45, 2.75) is 6.18 Å². The van der Waals surface area contributed by atoms with Crippen molar-refractivity contribution in [3.63, 3.8) is 0 Å². The zero-order chi connectivity index (χ0) is 18.9. The average Bonchev–Trinajstić information content (AvgIpc) is 3.08. The standard InChI is InChI=1S/C15H8ClF4N5O/c16-11-7-9(3-6-12(11)17)21-14(26)13-22-24-25(23-13)10-4-1-8(2-5-10)15(18,19)20/h1-7H,(H,21,26). The molecule has 1 heterocycles. The van der Waals surface area contributed by atoms with Crippen LogP contribution in [0.25, 0.3) is 5.69 Å². The molecule has 1 N–H and O–H groups in total. The van der Waals surface area contributed by atoms with Crippen molar-refractivity contribution in [2.75, 3.05) is 5.32 Å². The molecule has 0 saturated carbocycles. The number of aromatic nitrogens is 4. The molecule has 6 nitrogen and oxygen atoms in total. The number of alkyl halides is 3. The molecule has 0 unspecified atom stereocenters. The molecule has 26 heavy (non-hydrogen) atoms. The Bertz CT molecular complexity index is 955. The van der Waals surface area contributed by atoms with Crippen LogP contribution in [-0.2, 0) is 6.18 Å². The first-order valence-electron chi connectivity index (χ1n) is 6.98. The van der Waals surface area contributed by atoms with E-state index in [-0.39, 0.29) is 22.2 Å². The molecule has 0 atom stereocenters. The third-order valence-corrected chi connectivity index (χ3v) is 3.51. The number of carbonyl (C=O) groups excluding carboxylic acids is 1. The maximum absolute atomic E-state index is 13.1. The van der Waals surface area contributed by atoms with Crippen molar-refractivity contribution in [1.82, 2.24) is 20.2 Å². The van der Waals surface area contributed by atoms with Gasteiger partial charge in [-0.25, -0.2) is 4.39 Å². The van der Waals surface area contributed by atoms with Gasteiger partial charge in [-0.05, 0) is 47.7 Å². The minimum Gasteiger partial charge on any atom is -0.319 e. The van der Waals surface area contributed by atoms with Crippen LogP contribution in [0.2, 0.25) is 5.02 Å². The first-order chi connectivity index (χ1) is 12.2. The summed E-state index contributed by atoms with van der Waals surface area (Å²) in [5.74, 6) is -1.72. The van der Waals surface area contributed by atoms with Crippen LogP contribution in [-0.4, -0.2) is 26.1 Å². The van der Waals surface area contributed by atoms with E-state index in [1.807, 2.05) is 0 Å². The molecule has 11 heteroatoms. The summed E-state index contributed by atoms with van der Waals surface area (Å²) in [5, 5.41) is 13.2. The number of nitrogens with zero attached hydrogens (tertiary/aromatic N) is 4. The summed E-state index contributed by atoms with van der Waals surface area (Å²) in [6.07, 6.45) is -4.46. The van der Waals surface area contributed by atoms with Gasteiger partial charge in [0.15, 0.2) is 0 Å². The first kappa shape index (κ1) is 17.8. The molecule has 1 aromatic heterocycles. The highest BCUT2D eigenvalue weighted by atomic mass is 35.5. The minimum absolute atomic E-state index is 0.177. The SMILES string of the molecule is O=C(Nc1ccc(F)c(Cl)c1)c1nnn(-c2ccc(C(F)(F)F)cc2)n1. The predicted molar refractivity (Wildman–Crippen MR) is 83.5 cm³/mol. The summed E-state index contributed by atoms with van der Waals surface area (Å²) in [6.45, 7) is 0. The van der Waals surface area contributed by atoms with E-state index in [1.54, 1.807) is 0 Å². The zero-order valence-corrected chi connectivity index (χ0v) is 13.4. The summed E-state index contributed by atoms with van der Waals surface area (Å²) in [7, 11) is 0. The van der Waals surface area contributed by atoms with E-state index >= 15 is 0 Å². The Balaban J connectivity index is 1.76. The van der Waals surface area contributed by atoms with Gasteiger partial charge >= 0.3 is 6.18 Å². The van der Waals surface area contributed by atoms with Crippen LogP contribution in [0.3, 0.4) is 0 Å². The second-order valence-corrected chi connectivity index (χ2v) is 5.44. The van der Waals surface area contributed by atoms with Gasteiger partial charge in [0, 0.05) is 5.69 Å². The maximum Gasteiger partial charge on any atom is 0.416 e. The first-order valence-corrected chi connectivity index (χ1v) is 7.36. The summed E-state index contributed by atoms with van der Waals surface area (Å²) in [5.41, 5.74) is -0.422. The molecule has 0 radical (unpaired) electrons. The number of tetrazole rings is 1. The molecule has 134 valence electrons. The quantitative estimate of drug-likeness (QED) is 0.697. The van der Waals surface area contributed by atoms with Crippen LogP contribution in [0.5, 0.6) is 0 Å². The lowest BCUT2D eigenvalue weighted by atomic mass is 10.2. The zero-order valence-electron chi connectivity index (χ0n) is 12.6. The van der Waals surface area contributed by atoms with E-state index in [4.69, 9.17) is 11.6 Å². The van der Waals surface area contributed by atoms with Gasteiger partial charge in [-0.1, -0.05) is 11.6 Å². The lowest BCUT2D eigenvalue weighted by Gasteiger charge is -2.06. The molecular formula is C15H8ClF4N5O. The lowest BCUT2D eigenvalue weighted by Crippen LogP contribution is -2.14. The van der Waals surface area contributed by atoms with Crippen molar-refractivity contribution < 1.29 is 22.4 Å². The predicted octanol–water partition coefficient (Wildman–Crippen LogP) is 3.73. The van der Waals surface area contributed by atoms with Crippen molar-refractivity contribution in [3.8, 4) is 5.69 Å². The second kappa shape index (κ2) is 6.71. The number of amides is 1. The minimum atomic E-state index is -4.46. The Morgan fingerprint density at radius 3 is 2.42 bits per heavy atom. The van der Waals surface area contributed by atoms with Gasteiger partial charge in [-0.2, -0.15) is 13.2 Å². The number of benzene rings is 2. The normalized spacial score (nSPS) is 11.4. The molecule has 1 amide bonds. The average molecular weight is 386 g/mol. The molecule has 0 aliphatic heterocycles. The fraction of sp³-hybridized carbons (Fsp3) is 0.0667. The Labute approximate surface area is 148 Å². The van der Waals surface area contributed by atoms with Crippen LogP contribution < -0.4 is 5.32 Å². The Kier molecular flexibility index (Phi) is 4.60. The number of carbonyl (C=O) groups is 1. The van der Waals surface area contributed by atoms with E-state index in [0.29, 0.717) is 0 Å². The van der Waals surface area contributed by atoms with Gasteiger partial charge in [0.25, 0.3) is 11.7 Å². The van der Waals surface area contributed by atoms with Gasteiger partial charge in [0.1, 0.15) is 5.82 Å². The number of halogens is 5. The molecule has 3 rings (SSSR count). The van der Waals surface area contributed by atoms with E-state index in [9.17, 15) is 22.4 Å². The largest absolute Gasteiger partial charge is 0.416 e. The molecule has 0 bridgehead atoms. The van der Waals surface area contributed by atoms with Gasteiger partial charge in [-0.3, -0.25) is 4.79 Å². The number of hydrogen-bond acceptors (Lipinski definition) is 4. The van der Waals surface area contributed by atoms with Gasteiger partial charge in [0.05, 0.1) is 16.3 Å². The topological polar surface area (TPSA) is 72.7 Å². The van der Waals surface area contributed by atoms with Crippen molar-refractivity contribution in [1.29, 1.82) is 0 Å². The van der Waals surface area contributed by atoms with Gasteiger partial charge in [0.2, 0.25) is 0 Å². The van der Waals surface area contributed by atoms with Crippen LogP contribution in [0.4, 0.5) is 23.2 Å². The maximum atomic E-state index is 13.1. The third-order valence-electron chi connectivity index (χ3n) is 3.22. The fourth-order valence-corrected chi connectivity index (χ4v) is 2.14. The highest BCUT2D eigenvalue weighted by Crippen LogP contribution is 2.29. The molecule has 0 spiro atoms. The molecule has 0 aliphatic rings. The summed E-state index contributed by atoms with van der Waals surface area (Å²) < 4.78 is 50.8. The Morgan fingerprint density at radius 2 is 1.81 bits per heavy atom. The van der Waals surface area contributed by atoms with E-state index in [1.165, 1.54) is 12.1 Å². The van der Waals surface area contributed by atoms with Crippen LogP contribution in [0.15, 0.2) is 42.5 Å². The van der Waals surface area contributed by atoms with E-state index in [2.05, 4.69) is 20.7 Å². The summed E-state index contributed by atoms with van der Waals surface area (Å²) >= 11 is 5.62. The van der Waals surface area contributed by atoms with Crippen LogP contribution >= 0.6 is 11.6 Å². The Morgan fingerprint density at radius 1 is 1.12 bits per heavy atom. The summed E-state index contributed by atoms with van der Waals surface area (Å²) in [4.78, 5) is 13.0. The molecule has 2 aromatic carbocycles. The van der Waals surface area contributed by atoms with Gasteiger partial charge in [-0.15, -0.1) is 15.0 Å². The highest BCUT2D eigenvalue weighted by Gasteiger charge is 2.30. The summed E-state index contributed by atoms with van der Waals surface area (Å²) in [6, 6.07) is 7.58. The number of anilines is 1. The van der Waals surface area contributed by atoms with E-state index < -0.39 is 23.5 Å². The van der Waals surface area contributed by atoms with Crippen molar-refractivity contribution in [2.24, 2.45) is 0 Å². The highest BCUT2D eigenvalue weighted by molar-refractivity contribution is 6.31. The molecule has 0 fully saturated rings. The van der Waals surface area contributed by atoms with Crippen LogP contribution in [0, 0.1) is 5.82 Å². The van der Waals surface area contributed by atoms with Gasteiger partial charge < -0.3 is 5.32 Å². The second-order valence-electron chi connectivity index (χ2n) is 5.03. The number of nitrogens with one attached hydrogen (secondary N) is 1. The third kappa shape index (κ3) is 3.80. The molecule has 3 aromatic rings. The fourth-order valence-electron chi connectivity index (χ4n) is 1.96. The van der Waals surface area contributed by atoms with Crippen LogP contribution in [0.1, 0.15) is 16.2 Å². The monoisotopic (exact) mass is 385 g/mol. The lowest BCUT2D eigenvalue weighted by molar-refractivity contribution is -0.137.